The standard InChI is InChI=1S/C19H25N3O3/c1-3-22(4-2)16(17-11-8-12-25-17)13-20-18(23)14-21-19(24)15-9-6-5-7-10-15/h5-12,16H,3-4,13-14H2,1-2H3,(H,20,23)(H,21,24)/t16-/m0/s1. The Bertz CT molecular complexity index is 652. The first-order valence-electron chi connectivity index (χ1n) is 8.53. The van der Waals surface area contributed by atoms with Crippen molar-refractivity contribution in [2.24, 2.45) is 0 Å². The Kier molecular flexibility index (Phi) is 7.22. The Labute approximate surface area is 148 Å². The van der Waals surface area contributed by atoms with Gasteiger partial charge in [-0.1, -0.05) is 32.0 Å². The predicted molar refractivity (Wildman–Crippen MR) is 96.2 cm³/mol. The molecule has 2 rings (SSSR count). The number of nitrogens with one attached hydrogen (secondary N) is 2. The molecule has 0 fully saturated rings. The zero-order valence-corrected chi connectivity index (χ0v) is 14.7. The van der Waals surface area contributed by atoms with Crippen molar-refractivity contribution < 1.29 is 14.0 Å². The van der Waals surface area contributed by atoms with Gasteiger partial charge in [0.05, 0.1) is 18.8 Å². The van der Waals surface area contributed by atoms with Gasteiger partial charge in [0, 0.05) is 12.1 Å². The van der Waals surface area contributed by atoms with Crippen molar-refractivity contribution in [2.45, 2.75) is 19.9 Å². The summed E-state index contributed by atoms with van der Waals surface area (Å²) in [5.74, 6) is 0.326. The highest BCUT2D eigenvalue weighted by Gasteiger charge is 2.21. The van der Waals surface area contributed by atoms with Gasteiger partial charge in [-0.15, -0.1) is 0 Å². The summed E-state index contributed by atoms with van der Waals surface area (Å²) in [6.45, 7) is 6.21. The van der Waals surface area contributed by atoms with E-state index in [1.54, 1.807) is 30.5 Å². The van der Waals surface area contributed by atoms with Gasteiger partial charge in [0.1, 0.15) is 5.76 Å². The topological polar surface area (TPSA) is 74.6 Å². The van der Waals surface area contributed by atoms with Crippen LogP contribution in [0.25, 0.3) is 0 Å². The van der Waals surface area contributed by atoms with Crippen molar-refractivity contribution in [3.05, 3.63) is 60.1 Å². The van der Waals surface area contributed by atoms with Crippen LogP contribution in [0.1, 0.15) is 36.0 Å². The molecule has 6 heteroatoms. The predicted octanol–water partition coefficient (Wildman–Crippen LogP) is 2.21. The summed E-state index contributed by atoms with van der Waals surface area (Å²) in [6, 6.07) is 12.5. The van der Waals surface area contributed by atoms with E-state index in [2.05, 4.69) is 29.4 Å². The second-order valence-corrected chi connectivity index (χ2v) is 5.61. The molecular weight excluding hydrogens is 318 g/mol. The Morgan fingerprint density at radius 2 is 1.76 bits per heavy atom. The van der Waals surface area contributed by atoms with Crippen molar-refractivity contribution in [3.8, 4) is 0 Å². The maximum Gasteiger partial charge on any atom is 0.251 e. The molecule has 6 nitrogen and oxygen atoms in total. The van der Waals surface area contributed by atoms with Gasteiger partial charge >= 0.3 is 0 Å². The lowest BCUT2D eigenvalue weighted by Crippen LogP contribution is -2.42. The summed E-state index contributed by atoms with van der Waals surface area (Å²) in [4.78, 5) is 26.2. The average molecular weight is 343 g/mol. The first-order chi connectivity index (χ1) is 12.2. The summed E-state index contributed by atoms with van der Waals surface area (Å²) < 4.78 is 5.51. The summed E-state index contributed by atoms with van der Waals surface area (Å²) in [5, 5.41) is 5.50. The van der Waals surface area contributed by atoms with E-state index >= 15 is 0 Å². The molecule has 0 spiro atoms. The third-order valence-electron chi connectivity index (χ3n) is 4.06. The van der Waals surface area contributed by atoms with Gasteiger partial charge in [0.25, 0.3) is 5.91 Å². The molecule has 134 valence electrons. The highest BCUT2D eigenvalue weighted by molar-refractivity contribution is 5.96. The van der Waals surface area contributed by atoms with E-state index in [0.717, 1.165) is 18.8 Å². The molecule has 2 N–H and O–H groups in total. The molecule has 0 bridgehead atoms. The number of amides is 2. The van der Waals surface area contributed by atoms with Gasteiger partial charge in [-0.3, -0.25) is 14.5 Å². The number of benzene rings is 1. The first-order valence-corrected chi connectivity index (χ1v) is 8.53. The molecule has 2 aromatic rings. The number of carbonyl (C=O) groups is 2. The van der Waals surface area contributed by atoms with Gasteiger partial charge in [-0.05, 0) is 37.4 Å². The normalized spacial score (nSPS) is 12.0. The summed E-state index contributed by atoms with van der Waals surface area (Å²) in [5.41, 5.74) is 0.534. The van der Waals surface area contributed by atoms with Gasteiger partial charge in [-0.25, -0.2) is 0 Å². The summed E-state index contributed by atoms with van der Waals surface area (Å²) in [6.07, 6.45) is 1.63. The van der Waals surface area contributed by atoms with Crippen LogP contribution in [0.5, 0.6) is 0 Å². The third kappa shape index (κ3) is 5.46. The maximum atomic E-state index is 12.1. The smallest absolute Gasteiger partial charge is 0.251 e. The Hall–Kier alpha value is -2.60. The van der Waals surface area contributed by atoms with E-state index in [4.69, 9.17) is 4.42 Å². The zero-order chi connectivity index (χ0) is 18.1. The Balaban J connectivity index is 1.85. The van der Waals surface area contributed by atoms with Crippen LogP contribution in [0.4, 0.5) is 0 Å². The van der Waals surface area contributed by atoms with Crippen LogP contribution in [0.3, 0.4) is 0 Å². The molecule has 25 heavy (non-hydrogen) atoms. The quantitative estimate of drug-likeness (QED) is 0.732. The van der Waals surface area contributed by atoms with E-state index in [0.29, 0.717) is 12.1 Å². The molecule has 0 unspecified atom stereocenters. The number of rotatable bonds is 9. The van der Waals surface area contributed by atoms with Crippen LogP contribution in [0.15, 0.2) is 53.1 Å². The lowest BCUT2D eigenvalue weighted by Gasteiger charge is -2.28. The molecule has 0 aliphatic heterocycles. The second-order valence-electron chi connectivity index (χ2n) is 5.61. The molecule has 1 heterocycles. The van der Waals surface area contributed by atoms with Crippen LogP contribution in [-0.2, 0) is 4.79 Å². The molecule has 1 aromatic carbocycles. The maximum absolute atomic E-state index is 12.1. The van der Waals surface area contributed by atoms with E-state index in [9.17, 15) is 9.59 Å². The summed E-state index contributed by atoms with van der Waals surface area (Å²) >= 11 is 0. The number of hydrogen-bond acceptors (Lipinski definition) is 4. The van der Waals surface area contributed by atoms with Gasteiger partial charge in [0.2, 0.25) is 5.91 Å². The second kappa shape index (κ2) is 9.64. The van der Waals surface area contributed by atoms with Crippen LogP contribution in [0, 0.1) is 0 Å². The van der Waals surface area contributed by atoms with Gasteiger partial charge in [-0.2, -0.15) is 0 Å². The van der Waals surface area contributed by atoms with E-state index in [1.807, 2.05) is 18.2 Å². The largest absolute Gasteiger partial charge is 0.468 e. The number of nitrogens with zero attached hydrogens (tertiary/aromatic N) is 1. The van der Waals surface area contributed by atoms with Crippen molar-refractivity contribution in [1.82, 2.24) is 15.5 Å². The Morgan fingerprint density at radius 3 is 2.36 bits per heavy atom. The van der Waals surface area contributed by atoms with Crippen molar-refractivity contribution in [3.63, 3.8) is 0 Å². The first kappa shape index (κ1) is 18.7. The minimum absolute atomic E-state index is 0.0289. The molecule has 1 aromatic heterocycles. The molecule has 0 saturated carbocycles. The number of carbonyl (C=O) groups excluding carboxylic acids is 2. The number of likely N-dealkylation sites (N-methyl/N-ethyl adjacent to an activating group) is 1. The van der Waals surface area contributed by atoms with Gasteiger partial charge in [0.15, 0.2) is 0 Å². The lowest BCUT2D eigenvalue weighted by atomic mass is 10.2. The fourth-order valence-electron chi connectivity index (χ4n) is 2.68. The van der Waals surface area contributed by atoms with Crippen molar-refractivity contribution in [2.75, 3.05) is 26.2 Å². The SMILES string of the molecule is CCN(CC)[C@@H](CNC(=O)CNC(=O)c1ccccc1)c1ccco1. The van der Waals surface area contributed by atoms with E-state index < -0.39 is 0 Å². The number of hydrogen-bond donors (Lipinski definition) is 2. The zero-order valence-electron chi connectivity index (χ0n) is 14.7. The molecule has 0 radical (unpaired) electrons. The third-order valence-corrected chi connectivity index (χ3v) is 4.06. The highest BCUT2D eigenvalue weighted by Crippen LogP contribution is 2.20. The lowest BCUT2D eigenvalue weighted by molar-refractivity contribution is -0.120. The van der Waals surface area contributed by atoms with Gasteiger partial charge < -0.3 is 15.1 Å². The minimum atomic E-state index is -0.262. The van der Waals surface area contributed by atoms with Crippen LogP contribution in [0.2, 0.25) is 0 Å². The van der Waals surface area contributed by atoms with Crippen molar-refractivity contribution in [1.29, 1.82) is 0 Å². The Morgan fingerprint density at radius 1 is 1.04 bits per heavy atom. The van der Waals surface area contributed by atoms with E-state index in [-0.39, 0.29) is 24.4 Å². The highest BCUT2D eigenvalue weighted by atomic mass is 16.3. The molecule has 2 amide bonds. The minimum Gasteiger partial charge on any atom is -0.468 e. The van der Waals surface area contributed by atoms with Crippen LogP contribution >= 0.6 is 0 Å². The number of furan rings is 1. The molecule has 0 aliphatic rings. The molecule has 1 atom stereocenters. The van der Waals surface area contributed by atoms with Crippen LogP contribution < -0.4 is 10.6 Å². The monoisotopic (exact) mass is 343 g/mol. The molecule has 0 saturated heterocycles. The fraction of sp³-hybridized carbons (Fsp3) is 0.368. The summed E-state index contributed by atoms with van der Waals surface area (Å²) in [7, 11) is 0. The van der Waals surface area contributed by atoms with E-state index in [1.165, 1.54) is 0 Å². The fourth-order valence-corrected chi connectivity index (χ4v) is 2.68. The van der Waals surface area contributed by atoms with Crippen LogP contribution in [-0.4, -0.2) is 42.9 Å². The molecule has 0 aliphatic carbocycles. The van der Waals surface area contributed by atoms with Crippen molar-refractivity contribution >= 4 is 11.8 Å². The average Bonchev–Trinajstić information content (AvgIpc) is 3.18. The molecular formula is C19H25N3O3.